The van der Waals surface area contributed by atoms with Gasteiger partial charge in [-0.15, -0.1) is 0 Å². The van der Waals surface area contributed by atoms with Crippen LogP contribution in [0.2, 0.25) is 5.02 Å². The molecule has 222 valence electrons. The smallest absolute Gasteiger partial charge is 0.262 e. The number of carbonyl (C=O) groups excluding carboxylic acids is 3. The Balaban J connectivity index is 1.60. The lowest BCUT2D eigenvalue weighted by Crippen LogP contribution is -2.44. The number of ether oxygens (including phenoxy) is 1. The number of aryl methyl sites for hydroxylation is 1. The molecule has 2 aromatic carbocycles. The maximum absolute atomic E-state index is 14.0. The van der Waals surface area contributed by atoms with Crippen LogP contribution in [0.5, 0.6) is 5.75 Å². The summed E-state index contributed by atoms with van der Waals surface area (Å²) in [5.74, 6) is -0.338. The molecule has 0 bridgehead atoms. The highest BCUT2D eigenvalue weighted by Crippen LogP contribution is 2.55. The summed E-state index contributed by atoms with van der Waals surface area (Å²) in [5, 5.41) is 3.36. The Morgan fingerprint density at radius 3 is 2.14 bits per heavy atom. The van der Waals surface area contributed by atoms with Crippen molar-refractivity contribution < 1.29 is 19.1 Å². The van der Waals surface area contributed by atoms with E-state index in [2.05, 4.69) is 44.8 Å². The zero-order chi connectivity index (χ0) is 30.4. The van der Waals surface area contributed by atoms with E-state index in [1.54, 1.807) is 18.2 Å². The number of allylic oxidation sites excluding steroid dienone is 4. The first-order valence-corrected chi connectivity index (χ1v) is 15.3. The molecule has 0 spiro atoms. The topological polar surface area (TPSA) is 75.7 Å². The number of nitrogens with zero attached hydrogens (tertiary/aromatic N) is 1. The van der Waals surface area contributed by atoms with E-state index in [4.69, 9.17) is 16.3 Å². The normalized spacial score (nSPS) is 19.9. The van der Waals surface area contributed by atoms with Gasteiger partial charge in [0.2, 0.25) is 0 Å². The first-order chi connectivity index (χ1) is 19.8. The molecule has 1 aliphatic heterocycles. The molecule has 1 N–H and O–H groups in total. The lowest BCUT2D eigenvalue weighted by atomic mass is 9.63. The van der Waals surface area contributed by atoms with Gasteiger partial charge in [0.15, 0.2) is 18.2 Å². The van der Waals surface area contributed by atoms with Crippen molar-refractivity contribution in [1.82, 2.24) is 4.90 Å². The van der Waals surface area contributed by atoms with Gasteiger partial charge in [-0.2, -0.15) is 0 Å². The number of hydrogen-bond donors (Lipinski definition) is 1. The molecule has 7 heteroatoms. The van der Waals surface area contributed by atoms with Crippen LogP contribution < -0.4 is 10.1 Å². The summed E-state index contributed by atoms with van der Waals surface area (Å²) in [5.41, 5.74) is 5.36. The van der Waals surface area contributed by atoms with E-state index in [-0.39, 0.29) is 34.9 Å². The standard InChI is InChI=1S/C35H41ClN2O4/c1-7-13-38-25-16-34(3,4)18-27(39)32(25)31(33-26(38)17-35(5,6)19-28(33)40)24-15-22(36)11-12-29(24)42-20-30(41)37-23-10-8-9-21(2)14-23/h8-12,14-15,31H,7,13,16-20H2,1-6H3,(H,37,41). The number of ketones is 2. The zero-order valence-electron chi connectivity index (χ0n) is 25.5. The number of hydrogen-bond acceptors (Lipinski definition) is 5. The molecule has 6 nitrogen and oxygen atoms in total. The van der Waals surface area contributed by atoms with Gasteiger partial charge in [0.1, 0.15) is 5.75 Å². The fraction of sp³-hybridized carbons (Fsp3) is 0.457. The summed E-state index contributed by atoms with van der Waals surface area (Å²) >= 11 is 6.57. The Morgan fingerprint density at radius 1 is 0.952 bits per heavy atom. The molecule has 0 saturated carbocycles. The van der Waals surface area contributed by atoms with Gasteiger partial charge in [-0.05, 0) is 72.9 Å². The van der Waals surface area contributed by atoms with Crippen LogP contribution in [0, 0.1) is 17.8 Å². The average molecular weight is 589 g/mol. The van der Waals surface area contributed by atoms with Crippen LogP contribution in [0.15, 0.2) is 65.0 Å². The second-order valence-corrected chi connectivity index (χ2v) is 14.0. The molecule has 0 aromatic heterocycles. The minimum atomic E-state index is -0.594. The fourth-order valence-corrected chi connectivity index (χ4v) is 6.97. The lowest BCUT2D eigenvalue weighted by molar-refractivity contribution is -0.120. The molecule has 0 fully saturated rings. The highest BCUT2D eigenvalue weighted by molar-refractivity contribution is 6.30. The second kappa shape index (κ2) is 11.4. The number of rotatable bonds is 7. The summed E-state index contributed by atoms with van der Waals surface area (Å²) in [6, 6.07) is 12.8. The molecule has 1 heterocycles. The summed E-state index contributed by atoms with van der Waals surface area (Å²) in [7, 11) is 0. The monoisotopic (exact) mass is 588 g/mol. The first kappa shape index (κ1) is 30.1. The van der Waals surface area contributed by atoms with Crippen molar-refractivity contribution in [1.29, 1.82) is 0 Å². The van der Waals surface area contributed by atoms with Crippen LogP contribution in [0.25, 0.3) is 0 Å². The van der Waals surface area contributed by atoms with Crippen molar-refractivity contribution in [2.24, 2.45) is 10.8 Å². The Hall–Kier alpha value is -3.38. The van der Waals surface area contributed by atoms with Crippen LogP contribution in [0.3, 0.4) is 0 Å². The number of halogens is 1. The third kappa shape index (κ3) is 6.05. The van der Waals surface area contributed by atoms with Crippen molar-refractivity contribution in [3.8, 4) is 5.75 Å². The van der Waals surface area contributed by atoms with E-state index in [0.717, 1.165) is 42.8 Å². The second-order valence-electron chi connectivity index (χ2n) is 13.6. The Labute approximate surface area is 254 Å². The highest BCUT2D eigenvalue weighted by Gasteiger charge is 2.49. The van der Waals surface area contributed by atoms with Gasteiger partial charge >= 0.3 is 0 Å². The van der Waals surface area contributed by atoms with Crippen molar-refractivity contribution >= 4 is 34.8 Å². The SMILES string of the molecule is CCCN1C2=C(C(=O)CC(C)(C)C2)C(c2cc(Cl)ccc2OCC(=O)Nc2cccc(C)c2)C2=C1CC(C)(C)CC2=O. The van der Waals surface area contributed by atoms with Gasteiger partial charge in [0.05, 0.1) is 0 Å². The van der Waals surface area contributed by atoms with Crippen molar-refractivity contribution in [2.45, 2.75) is 79.6 Å². The Morgan fingerprint density at radius 2 is 1.57 bits per heavy atom. The molecule has 3 aliphatic rings. The average Bonchev–Trinajstić information content (AvgIpc) is 2.87. The van der Waals surface area contributed by atoms with Gasteiger partial charge in [-0.1, -0.05) is 58.4 Å². The first-order valence-electron chi connectivity index (χ1n) is 14.9. The number of amides is 1. The van der Waals surface area contributed by atoms with Gasteiger partial charge in [-0.3, -0.25) is 14.4 Å². The maximum Gasteiger partial charge on any atom is 0.262 e. The van der Waals surface area contributed by atoms with Crippen LogP contribution in [0.1, 0.15) is 83.8 Å². The summed E-state index contributed by atoms with van der Waals surface area (Å²) in [6.45, 7) is 13.1. The van der Waals surface area contributed by atoms with E-state index < -0.39 is 5.92 Å². The van der Waals surface area contributed by atoms with Gasteiger partial charge in [0.25, 0.3) is 5.91 Å². The number of carbonyl (C=O) groups is 3. The minimum Gasteiger partial charge on any atom is -0.483 e. The predicted octanol–water partition coefficient (Wildman–Crippen LogP) is 7.76. The minimum absolute atomic E-state index is 0.0552. The summed E-state index contributed by atoms with van der Waals surface area (Å²) in [6.07, 6.45) is 3.18. The molecule has 2 aromatic rings. The summed E-state index contributed by atoms with van der Waals surface area (Å²) in [4.78, 5) is 43.2. The van der Waals surface area contributed by atoms with E-state index >= 15 is 0 Å². The van der Waals surface area contributed by atoms with E-state index in [1.807, 2.05) is 31.2 Å². The predicted molar refractivity (Wildman–Crippen MR) is 167 cm³/mol. The number of anilines is 1. The van der Waals surface area contributed by atoms with Gasteiger partial charge in [0, 0.05) is 64.1 Å². The van der Waals surface area contributed by atoms with Crippen LogP contribution in [0.4, 0.5) is 5.69 Å². The molecule has 0 radical (unpaired) electrons. The van der Waals surface area contributed by atoms with E-state index in [1.165, 1.54) is 0 Å². The largest absolute Gasteiger partial charge is 0.483 e. The molecule has 5 rings (SSSR count). The molecule has 0 saturated heterocycles. The number of benzene rings is 2. The molecule has 2 aliphatic carbocycles. The van der Waals surface area contributed by atoms with Crippen LogP contribution in [-0.4, -0.2) is 35.5 Å². The Kier molecular flexibility index (Phi) is 8.14. The lowest BCUT2D eigenvalue weighted by Gasteiger charge is -2.49. The molecule has 1 amide bonds. The molecular weight excluding hydrogens is 548 g/mol. The number of Topliss-reactive ketones (excluding diaryl/α,β-unsaturated/α-hetero) is 2. The molecule has 42 heavy (non-hydrogen) atoms. The van der Waals surface area contributed by atoms with Crippen LogP contribution in [-0.2, 0) is 14.4 Å². The third-order valence-corrected chi connectivity index (χ3v) is 8.65. The number of nitrogens with one attached hydrogen (secondary N) is 1. The quantitative estimate of drug-likeness (QED) is 0.358. The highest BCUT2D eigenvalue weighted by atomic mass is 35.5. The Bertz CT molecular complexity index is 1460. The van der Waals surface area contributed by atoms with Gasteiger partial charge in [-0.25, -0.2) is 0 Å². The fourth-order valence-electron chi connectivity index (χ4n) is 6.79. The van der Waals surface area contributed by atoms with Gasteiger partial charge < -0.3 is 15.0 Å². The van der Waals surface area contributed by atoms with E-state index in [9.17, 15) is 14.4 Å². The van der Waals surface area contributed by atoms with Crippen LogP contribution >= 0.6 is 11.6 Å². The van der Waals surface area contributed by atoms with Crippen molar-refractivity contribution in [3.63, 3.8) is 0 Å². The zero-order valence-corrected chi connectivity index (χ0v) is 26.3. The summed E-state index contributed by atoms with van der Waals surface area (Å²) < 4.78 is 6.14. The molecular formula is C35H41ClN2O4. The maximum atomic E-state index is 14.0. The van der Waals surface area contributed by atoms with E-state index in [0.29, 0.717) is 46.0 Å². The molecule has 0 unspecified atom stereocenters. The third-order valence-electron chi connectivity index (χ3n) is 8.41. The molecule has 0 atom stereocenters. The van der Waals surface area contributed by atoms with Crippen molar-refractivity contribution in [2.75, 3.05) is 18.5 Å². The van der Waals surface area contributed by atoms with Crippen molar-refractivity contribution in [3.05, 3.63) is 81.2 Å².